The Morgan fingerprint density at radius 3 is 2.37 bits per heavy atom. The molecule has 19 heavy (non-hydrogen) atoms. The van der Waals surface area contributed by atoms with Crippen molar-refractivity contribution in [2.45, 2.75) is 6.18 Å². The van der Waals surface area contributed by atoms with Gasteiger partial charge < -0.3 is 5.73 Å². The van der Waals surface area contributed by atoms with E-state index in [-0.39, 0.29) is 23.0 Å². The van der Waals surface area contributed by atoms with E-state index in [1.165, 1.54) is 12.1 Å². The molecule has 0 aromatic heterocycles. The average Bonchev–Trinajstić information content (AvgIpc) is 2.66. The van der Waals surface area contributed by atoms with E-state index in [4.69, 9.17) is 11.1 Å². The average molecular weight is 268 g/mol. The highest BCUT2D eigenvalue weighted by Crippen LogP contribution is 2.36. The van der Waals surface area contributed by atoms with Gasteiger partial charge in [-0.25, -0.2) is 0 Å². The van der Waals surface area contributed by atoms with E-state index < -0.39 is 11.7 Å². The lowest BCUT2D eigenvalue weighted by atomic mass is 10.2. The van der Waals surface area contributed by atoms with Gasteiger partial charge in [-0.1, -0.05) is 12.1 Å². The fourth-order valence-corrected chi connectivity index (χ4v) is 1.32. The van der Waals surface area contributed by atoms with Crippen LogP contribution < -0.4 is 5.73 Å². The predicted molar refractivity (Wildman–Crippen MR) is 59.8 cm³/mol. The summed E-state index contributed by atoms with van der Waals surface area (Å²) in [6.07, 6.45) is -4.53. The Morgan fingerprint density at radius 2 is 1.79 bits per heavy atom. The van der Waals surface area contributed by atoms with Gasteiger partial charge in [0.25, 0.3) is 0 Å². The van der Waals surface area contributed by atoms with Crippen LogP contribution in [0.2, 0.25) is 0 Å². The monoisotopic (exact) mass is 268 g/mol. The van der Waals surface area contributed by atoms with Crippen molar-refractivity contribution in [3.8, 4) is 0 Å². The molecule has 0 unspecified atom stereocenters. The summed E-state index contributed by atoms with van der Waals surface area (Å²) in [6.45, 7) is 0. The van der Waals surface area contributed by atoms with Crippen molar-refractivity contribution in [2.24, 2.45) is 26.2 Å². The second-order valence-corrected chi connectivity index (χ2v) is 3.50. The summed E-state index contributed by atoms with van der Waals surface area (Å²) in [5, 5.41) is 20.9. The minimum atomic E-state index is -4.53. The molecule has 2 rings (SSSR count). The Balaban J connectivity index is 2.36. The van der Waals surface area contributed by atoms with Gasteiger partial charge in [-0.3, -0.25) is 5.41 Å². The topological polar surface area (TPSA) is 99.3 Å². The van der Waals surface area contributed by atoms with Gasteiger partial charge in [0.1, 0.15) is 0 Å². The second-order valence-electron chi connectivity index (χ2n) is 3.50. The van der Waals surface area contributed by atoms with Crippen molar-refractivity contribution >= 4 is 11.5 Å². The molecule has 0 bridgehead atoms. The van der Waals surface area contributed by atoms with Crippen LogP contribution in [0.5, 0.6) is 0 Å². The van der Waals surface area contributed by atoms with Crippen LogP contribution in [-0.4, -0.2) is 5.84 Å². The number of nitrogens with zero attached hydrogens (tertiary/aromatic N) is 4. The number of nitrogens with two attached hydrogens (primary N) is 1. The molecule has 9 heteroatoms. The standard InChI is InChI=1S/C10H7F3N6/c11-10(12,13)5-3-1-2-4-6(5)16-17-7-8(14)18-19-9(7)15/h1-4,14H,15H2/b14-8?,17-16+. The van der Waals surface area contributed by atoms with E-state index in [1.807, 2.05) is 0 Å². The third-order valence-corrected chi connectivity index (χ3v) is 2.19. The van der Waals surface area contributed by atoms with E-state index in [0.717, 1.165) is 12.1 Å². The van der Waals surface area contributed by atoms with Gasteiger partial charge in [0.2, 0.25) is 0 Å². The Labute approximate surface area is 105 Å². The summed E-state index contributed by atoms with van der Waals surface area (Å²) in [5.41, 5.74) is 3.92. The number of nitrogens with one attached hydrogen (secondary N) is 1. The van der Waals surface area contributed by atoms with E-state index in [2.05, 4.69) is 20.5 Å². The van der Waals surface area contributed by atoms with E-state index >= 15 is 0 Å². The largest absolute Gasteiger partial charge is 0.418 e. The maximum absolute atomic E-state index is 12.7. The zero-order valence-electron chi connectivity index (χ0n) is 9.31. The molecule has 0 aliphatic carbocycles. The Hall–Kier alpha value is -2.58. The molecule has 1 aliphatic rings. The molecule has 0 spiro atoms. The smallest absolute Gasteiger partial charge is 0.380 e. The van der Waals surface area contributed by atoms with Crippen LogP contribution in [0.1, 0.15) is 5.56 Å². The highest BCUT2D eigenvalue weighted by Gasteiger charge is 2.33. The number of azo groups is 2. The summed E-state index contributed by atoms with van der Waals surface area (Å²) in [4.78, 5) is 0. The molecule has 1 aromatic carbocycles. The zero-order valence-corrected chi connectivity index (χ0v) is 9.31. The number of benzene rings is 1. The molecule has 6 nitrogen and oxygen atoms in total. The molecular weight excluding hydrogens is 261 g/mol. The Kier molecular flexibility index (Phi) is 3.11. The number of alkyl halides is 3. The molecule has 0 amide bonds. The second kappa shape index (κ2) is 4.59. The molecule has 0 radical (unpaired) electrons. The quantitative estimate of drug-likeness (QED) is 0.789. The van der Waals surface area contributed by atoms with Crippen molar-refractivity contribution in [2.75, 3.05) is 0 Å². The van der Waals surface area contributed by atoms with Gasteiger partial charge in [-0.2, -0.15) is 13.2 Å². The van der Waals surface area contributed by atoms with Crippen molar-refractivity contribution in [1.82, 2.24) is 0 Å². The highest BCUT2D eigenvalue weighted by atomic mass is 19.4. The highest BCUT2D eigenvalue weighted by molar-refractivity contribution is 5.97. The molecule has 3 N–H and O–H groups in total. The molecule has 0 atom stereocenters. The normalized spacial score (nSPS) is 15.8. The molecule has 0 fully saturated rings. The molecule has 1 heterocycles. The van der Waals surface area contributed by atoms with Crippen LogP contribution in [0.15, 0.2) is 56.2 Å². The van der Waals surface area contributed by atoms with E-state index in [9.17, 15) is 13.2 Å². The van der Waals surface area contributed by atoms with Crippen LogP contribution in [-0.2, 0) is 6.18 Å². The fraction of sp³-hybridized carbons (Fsp3) is 0.100. The van der Waals surface area contributed by atoms with Crippen LogP contribution in [0.25, 0.3) is 0 Å². The summed E-state index contributed by atoms with van der Waals surface area (Å²) in [5.74, 6) is -0.496. The fourth-order valence-electron chi connectivity index (χ4n) is 1.32. The lowest BCUT2D eigenvalue weighted by Crippen LogP contribution is -2.04. The minimum Gasteiger partial charge on any atom is -0.380 e. The number of hydrogen-bond acceptors (Lipinski definition) is 5. The van der Waals surface area contributed by atoms with Gasteiger partial charge in [0, 0.05) is 0 Å². The molecule has 1 aliphatic heterocycles. The van der Waals surface area contributed by atoms with Crippen LogP contribution in [0.3, 0.4) is 0 Å². The number of hydrogen-bond donors (Lipinski definition) is 2. The summed E-state index contributed by atoms with van der Waals surface area (Å²) >= 11 is 0. The van der Waals surface area contributed by atoms with Crippen molar-refractivity contribution in [3.05, 3.63) is 41.3 Å². The van der Waals surface area contributed by atoms with E-state index in [1.54, 1.807) is 0 Å². The van der Waals surface area contributed by atoms with Crippen molar-refractivity contribution in [3.63, 3.8) is 0 Å². The molecule has 98 valence electrons. The van der Waals surface area contributed by atoms with Gasteiger partial charge >= 0.3 is 6.18 Å². The van der Waals surface area contributed by atoms with Crippen molar-refractivity contribution in [1.29, 1.82) is 5.41 Å². The van der Waals surface area contributed by atoms with Crippen LogP contribution >= 0.6 is 0 Å². The minimum absolute atomic E-state index is 0.154. The maximum Gasteiger partial charge on any atom is 0.418 e. The number of halogens is 3. The lowest BCUT2D eigenvalue weighted by molar-refractivity contribution is -0.137. The first kappa shape index (κ1) is 12.9. The SMILES string of the molecule is N=C1N=NC(N)=C1/N=N/c1ccccc1C(F)(F)F. The van der Waals surface area contributed by atoms with Crippen molar-refractivity contribution < 1.29 is 13.2 Å². The summed E-state index contributed by atoms with van der Waals surface area (Å²) in [6, 6.07) is 4.70. The maximum atomic E-state index is 12.7. The molecule has 0 saturated heterocycles. The molecule has 1 aromatic rings. The first-order valence-corrected chi connectivity index (χ1v) is 4.98. The summed E-state index contributed by atoms with van der Waals surface area (Å²) in [7, 11) is 0. The Morgan fingerprint density at radius 1 is 1.11 bits per heavy atom. The summed E-state index contributed by atoms with van der Waals surface area (Å²) < 4.78 is 38.1. The Bertz CT molecular complexity index is 614. The first-order chi connectivity index (χ1) is 8.89. The van der Waals surface area contributed by atoms with Gasteiger partial charge in [0.15, 0.2) is 17.4 Å². The lowest BCUT2D eigenvalue weighted by Gasteiger charge is -2.08. The molecular formula is C10H7F3N6. The van der Waals surface area contributed by atoms with Gasteiger partial charge in [-0.15, -0.1) is 20.5 Å². The molecule has 0 saturated carbocycles. The van der Waals surface area contributed by atoms with Crippen LogP contribution in [0.4, 0.5) is 18.9 Å². The zero-order chi connectivity index (χ0) is 14.0. The van der Waals surface area contributed by atoms with Gasteiger partial charge in [0.05, 0.1) is 11.3 Å². The third kappa shape index (κ3) is 2.64. The first-order valence-electron chi connectivity index (χ1n) is 4.98. The van der Waals surface area contributed by atoms with E-state index in [0.29, 0.717) is 0 Å². The predicted octanol–water partition coefficient (Wildman–Crippen LogP) is 3.36. The van der Waals surface area contributed by atoms with Gasteiger partial charge in [-0.05, 0) is 12.1 Å². The van der Waals surface area contributed by atoms with Crippen LogP contribution in [0, 0.1) is 5.41 Å². The number of amidine groups is 1. The third-order valence-electron chi connectivity index (χ3n) is 2.19. The number of rotatable bonds is 2.